The van der Waals surface area contributed by atoms with Crippen LogP contribution in [0.3, 0.4) is 0 Å². The predicted octanol–water partition coefficient (Wildman–Crippen LogP) is 2.40. The van der Waals surface area contributed by atoms with Crippen LogP contribution in [0.1, 0.15) is 17.8 Å². The van der Waals surface area contributed by atoms with E-state index in [0.717, 1.165) is 30.1 Å². The maximum absolute atomic E-state index is 6.35. The van der Waals surface area contributed by atoms with Crippen molar-refractivity contribution in [2.45, 2.75) is 25.9 Å². The molecule has 0 bridgehead atoms. The topological polar surface area (TPSA) is 8.81 Å². The first-order valence-corrected chi connectivity index (χ1v) is 9.07. The first-order chi connectivity index (χ1) is 11.6. The largest absolute Gasteiger partial charge is 1.00 e. The molecule has 0 saturated carbocycles. The van der Waals surface area contributed by atoms with Crippen molar-refractivity contribution in [3.8, 4) is 11.3 Å². The summed E-state index contributed by atoms with van der Waals surface area (Å²) in [5.74, 6) is 1.34. The van der Waals surface area contributed by atoms with E-state index in [0.29, 0.717) is 10.0 Å². The Morgan fingerprint density at radius 3 is 2.40 bits per heavy atom. The Kier molecular flexibility index (Phi) is 5.79. The molecule has 25 heavy (non-hydrogen) atoms. The van der Waals surface area contributed by atoms with Gasteiger partial charge in [0.1, 0.15) is 12.7 Å². The highest BCUT2D eigenvalue weighted by molar-refractivity contribution is 6.35. The van der Waals surface area contributed by atoms with E-state index in [4.69, 9.17) is 34.8 Å². The normalized spacial score (nSPS) is 12.8. The number of imidazole rings is 1. The van der Waals surface area contributed by atoms with Crippen LogP contribution >= 0.6 is 34.8 Å². The Balaban J connectivity index is 0.00000182. The zero-order valence-corrected chi connectivity index (χ0v) is 17.2. The Morgan fingerprint density at radius 2 is 1.68 bits per heavy atom. The third kappa shape index (κ3) is 3.75. The Bertz CT molecular complexity index is 904. The van der Waals surface area contributed by atoms with Gasteiger partial charge in [-0.25, -0.2) is 9.13 Å². The molecule has 0 saturated heterocycles. The van der Waals surface area contributed by atoms with E-state index in [-0.39, 0.29) is 17.0 Å². The summed E-state index contributed by atoms with van der Waals surface area (Å²) in [5.41, 5.74) is 3.49. The third-order valence-electron chi connectivity index (χ3n) is 4.49. The molecule has 0 N–H and O–H groups in total. The van der Waals surface area contributed by atoms with Gasteiger partial charge in [0.05, 0.1) is 13.0 Å². The van der Waals surface area contributed by atoms with Crippen molar-refractivity contribution in [3.63, 3.8) is 0 Å². The highest BCUT2D eigenvalue weighted by Crippen LogP contribution is 2.27. The van der Waals surface area contributed by atoms with Crippen LogP contribution in [0.5, 0.6) is 0 Å². The Morgan fingerprint density at radius 1 is 0.960 bits per heavy atom. The molecule has 2 heterocycles. The summed E-state index contributed by atoms with van der Waals surface area (Å²) in [6, 6.07) is 13.7. The monoisotopic (exact) mass is 456 g/mol. The molecule has 3 aromatic rings. The molecule has 0 spiro atoms. The lowest BCUT2D eigenvalue weighted by Crippen LogP contribution is -3.00. The maximum Gasteiger partial charge on any atom is 0.257 e. The lowest BCUT2D eigenvalue weighted by atomic mass is 10.1. The summed E-state index contributed by atoms with van der Waals surface area (Å²) in [5, 5.41) is 2.13. The zero-order chi connectivity index (χ0) is 16.7. The van der Waals surface area contributed by atoms with E-state index in [1.165, 1.54) is 23.5 Å². The van der Waals surface area contributed by atoms with Crippen LogP contribution in [-0.4, -0.2) is 4.57 Å². The SMILES string of the molecule is Clc1ccc(-c2c[n+](Cc3ccc(Cl)cc3Cl)c3n2CCC3)cc1.[Br-]. The minimum atomic E-state index is 0. The predicted molar refractivity (Wildman–Crippen MR) is 99.0 cm³/mol. The molecular weight excluding hydrogens is 442 g/mol. The molecule has 2 nitrogen and oxygen atoms in total. The van der Waals surface area contributed by atoms with E-state index in [1.807, 2.05) is 24.3 Å². The smallest absolute Gasteiger partial charge is 0.257 e. The second-order valence-corrected chi connectivity index (χ2v) is 7.34. The molecule has 2 aromatic carbocycles. The van der Waals surface area contributed by atoms with Crippen LogP contribution in [-0.2, 0) is 19.5 Å². The van der Waals surface area contributed by atoms with Crippen LogP contribution in [0.4, 0.5) is 0 Å². The van der Waals surface area contributed by atoms with Crippen LogP contribution in [0.2, 0.25) is 15.1 Å². The summed E-state index contributed by atoms with van der Waals surface area (Å²) < 4.78 is 4.69. The lowest BCUT2D eigenvalue weighted by molar-refractivity contribution is -0.694. The fourth-order valence-electron chi connectivity index (χ4n) is 3.33. The number of halogens is 4. The standard InChI is InChI=1S/C19H16Cl3N2.BrH/c20-15-6-3-13(4-7-15)18-12-23(19-2-1-9-24(18)19)11-14-5-8-16(21)10-17(14)22;/h3-8,10,12H,1-2,9,11H2;1H/q+1;/p-1. The van der Waals surface area contributed by atoms with Gasteiger partial charge in [0, 0.05) is 26.2 Å². The van der Waals surface area contributed by atoms with E-state index in [2.05, 4.69) is 27.5 Å². The highest BCUT2D eigenvalue weighted by Gasteiger charge is 2.28. The molecule has 0 amide bonds. The fourth-order valence-corrected chi connectivity index (χ4v) is 3.92. The quantitative estimate of drug-likeness (QED) is 0.533. The van der Waals surface area contributed by atoms with Gasteiger partial charge in [0.25, 0.3) is 5.82 Å². The van der Waals surface area contributed by atoms with Crippen molar-refractivity contribution in [1.82, 2.24) is 4.57 Å². The number of hydrogen-bond acceptors (Lipinski definition) is 0. The first-order valence-electron chi connectivity index (χ1n) is 7.93. The summed E-state index contributed by atoms with van der Waals surface area (Å²) in [6.45, 7) is 1.80. The molecule has 0 atom stereocenters. The lowest BCUT2D eigenvalue weighted by Gasteiger charge is -2.03. The summed E-state index contributed by atoms with van der Waals surface area (Å²) in [7, 11) is 0. The second-order valence-electron chi connectivity index (χ2n) is 6.06. The van der Waals surface area contributed by atoms with Gasteiger partial charge in [-0.05, 0) is 42.8 Å². The van der Waals surface area contributed by atoms with E-state index in [9.17, 15) is 0 Å². The van der Waals surface area contributed by atoms with Crippen molar-refractivity contribution < 1.29 is 21.5 Å². The van der Waals surface area contributed by atoms with E-state index in [1.54, 1.807) is 6.07 Å². The molecule has 1 aromatic heterocycles. The highest BCUT2D eigenvalue weighted by atomic mass is 79.9. The van der Waals surface area contributed by atoms with Gasteiger partial charge in [0.2, 0.25) is 0 Å². The molecule has 1 aliphatic heterocycles. The fraction of sp³-hybridized carbons (Fsp3) is 0.211. The molecular formula is C19H16BrCl3N2. The molecule has 0 radical (unpaired) electrons. The molecule has 6 heteroatoms. The average molecular weight is 459 g/mol. The van der Waals surface area contributed by atoms with Crippen molar-refractivity contribution in [2.24, 2.45) is 0 Å². The van der Waals surface area contributed by atoms with Gasteiger partial charge in [-0.3, -0.25) is 0 Å². The number of hydrogen-bond donors (Lipinski definition) is 0. The second kappa shape index (κ2) is 7.71. The van der Waals surface area contributed by atoms with Crippen LogP contribution in [0.25, 0.3) is 11.3 Å². The van der Waals surface area contributed by atoms with Gasteiger partial charge in [-0.2, -0.15) is 0 Å². The van der Waals surface area contributed by atoms with Gasteiger partial charge in [-0.15, -0.1) is 0 Å². The molecule has 0 unspecified atom stereocenters. The summed E-state index contributed by atoms with van der Waals surface area (Å²) >= 11 is 18.4. The van der Waals surface area contributed by atoms with Crippen molar-refractivity contribution >= 4 is 34.8 Å². The minimum Gasteiger partial charge on any atom is -1.00 e. The third-order valence-corrected chi connectivity index (χ3v) is 5.33. The van der Waals surface area contributed by atoms with Gasteiger partial charge >= 0.3 is 0 Å². The molecule has 0 aliphatic carbocycles. The number of fused-ring (bicyclic) bond motifs is 1. The molecule has 4 rings (SSSR count). The van der Waals surface area contributed by atoms with Crippen molar-refractivity contribution in [1.29, 1.82) is 0 Å². The summed E-state index contributed by atoms with van der Waals surface area (Å²) in [6.07, 6.45) is 4.46. The van der Waals surface area contributed by atoms with Crippen LogP contribution < -0.4 is 21.5 Å². The number of benzene rings is 2. The van der Waals surface area contributed by atoms with E-state index < -0.39 is 0 Å². The Hall–Kier alpha value is -1.000. The van der Waals surface area contributed by atoms with Gasteiger partial charge < -0.3 is 17.0 Å². The van der Waals surface area contributed by atoms with Gasteiger partial charge in [0.15, 0.2) is 5.69 Å². The van der Waals surface area contributed by atoms with Crippen molar-refractivity contribution in [2.75, 3.05) is 0 Å². The zero-order valence-electron chi connectivity index (χ0n) is 13.4. The van der Waals surface area contributed by atoms with Gasteiger partial charge in [-0.1, -0.05) is 40.9 Å². The van der Waals surface area contributed by atoms with Crippen LogP contribution in [0.15, 0.2) is 48.7 Å². The van der Waals surface area contributed by atoms with E-state index >= 15 is 0 Å². The average Bonchev–Trinajstić information content (AvgIpc) is 3.15. The molecule has 1 aliphatic rings. The van der Waals surface area contributed by atoms with Crippen LogP contribution in [0, 0.1) is 0 Å². The maximum atomic E-state index is 6.35. The number of nitrogens with zero attached hydrogens (tertiary/aromatic N) is 2. The molecule has 130 valence electrons. The summed E-state index contributed by atoms with van der Waals surface area (Å²) in [4.78, 5) is 0. The number of rotatable bonds is 3. The molecule has 0 fully saturated rings. The first kappa shape index (κ1) is 18.8. The number of aromatic nitrogens is 2. The Labute approximate surface area is 172 Å². The van der Waals surface area contributed by atoms with Crippen molar-refractivity contribution in [3.05, 3.63) is 75.1 Å². The minimum absolute atomic E-state index is 0.